The Morgan fingerprint density at radius 1 is 1.00 bits per heavy atom. The first-order valence-electron chi connectivity index (χ1n) is 10.2. The summed E-state index contributed by atoms with van der Waals surface area (Å²) in [6, 6.07) is 17.3. The van der Waals surface area contributed by atoms with Crippen molar-refractivity contribution < 1.29 is 14.4 Å². The molecular weight excluding hydrogens is 436 g/mol. The van der Waals surface area contributed by atoms with Crippen LogP contribution in [0.15, 0.2) is 72.2 Å². The third-order valence-electron chi connectivity index (χ3n) is 5.34. The molecule has 5 rings (SSSR count). The van der Waals surface area contributed by atoms with Gasteiger partial charge in [0.15, 0.2) is 0 Å². The normalized spacial score (nSPS) is 12.7. The number of benzene rings is 2. The molecule has 2 aromatic carbocycles. The van der Waals surface area contributed by atoms with Crippen LogP contribution in [0, 0.1) is 6.92 Å². The van der Waals surface area contributed by atoms with Crippen LogP contribution in [0.25, 0.3) is 11.3 Å². The number of rotatable bonds is 5. The summed E-state index contributed by atoms with van der Waals surface area (Å²) < 4.78 is 0. The summed E-state index contributed by atoms with van der Waals surface area (Å²) in [5, 5.41) is 5.81. The number of hydrogen-bond acceptors (Lipinski definition) is 6. The molecule has 0 spiro atoms. The lowest BCUT2D eigenvalue weighted by Gasteiger charge is -2.12. The van der Waals surface area contributed by atoms with E-state index in [0.29, 0.717) is 16.9 Å². The maximum atomic E-state index is 12.9. The van der Waals surface area contributed by atoms with Gasteiger partial charge in [-0.2, -0.15) is 0 Å². The number of imide groups is 1. The molecule has 0 saturated carbocycles. The smallest absolute Gasteiger partial charge is 0.261 e. The fourth-order valence-electron chi connectivity index (χ4n) is 3.65. The standard InChI is InChI=1S/C25H18N4O3S/c1-15-27-22(14-33-15)16-5-8-18(9-6-16)28-23(30)17-7-10-20-21(12-17)25(32)29(24(20)31)13-19-4-2-3-11-26-19/h2-12,14H,13H2,1H3,(H,28,30). The number of thiazole rings is 1. The van der Waals surface area contributed by atoms with Crippen molar-refractivity contribution in [1.29, 1.82) is 0 Å². The van der Waals surface area contributed by atoms with Crippen molar-refractivity contribution in [3.63, 3.8) is 0 Å². The molecule has 3 heterocycles. The molecule has 1 aliphatic heterocycles. The van der Waals surface area contributed by atoms with E-state index >= 15 is 0 Å². The molecule has 0 saturated heterocycles. The van der Waals surface area contributed by atoms with Gasteiger partial charge in [-0.05, 0) is 49.4 Å². The molecule has 3 amide bonds. The molecule has 0 unspecified atom stereocenters. The van der Waals surface area contributed by atoms with Crippen LogP contribution in [0.2, 0.25) is 0 Å². The summed E-state index contributed by atoms with van der Waals surface area (Å²) in [7, 11) is 0. The zero-order valence-electron chi connectivity index (χ0n) is 17.6. The minimum Gasteiger partial charge on any atom is -0.322 e. The van der Waals surface area contributed by atoms with E-state index in [0.717, 1.165) is 21.2 Å². The number of aromatic nitrogens is 2. The third-order valence-corrected chi connectivity index (χ3v) is 6.11. The van der Waals surface area contributed by atoms with Crippen LogP contribution in [-0.4, -0.2) is 32.6 Å². The van der Waals surface area contributed by atoms with Gasteiger partial charge in [-0.1, -0.05) is 18.2 Å². The maximum Gasteiger partial charge on any atom is 0.261 e. The molecule has 2 aromatic heterocycles. The Kier molecular flexibility index (Phi) is 5.27. The van der Waals surface area contributed by atoms with Gasteiger partial charge in [0.2, 0.25) is 0 Å². The zero-order valence-corrected chi connectivity index (χ0v) is 18.4. The molecule has 7 nitrogen and oxygen atoms in total. The number of hydrogen-bond donors (Lipinski definition) is 1. The van der Waals surface area contributed by atoms with Crippen LogP contribution in [0.5, 0.6) is 0 Å². The first kappa shape index (κ1) is 20.7. The number of nitrogens with one attached hydrogen (secondary N) is 1. The molecular formula is C25H18N4O3S. The maximum absolute atomic E-state index is 12.9. The highest BCUT2D eigenvalue weighted by molar-refractivity contribution is 7.09. The molecule has 0 radical (unpaired) electrons. The van der Waals surface area contributed by atoms with Crippen molar-refractivity contribution in [2.24, 2.45) is 0 Å². The summed E-state index contributed by atoms with van der Waals surface area (Å²) in [6.45, 7) is 2.04. The SMILES string of the molecule is Cc1nc(-c2ccc(NC(=O)c3ccc4c(c3)C(=O)N(Cc3ccccn3)C4=O)cc2)cs1. The Morgan fingerprint density at radius 3 is 2.48 bits per heavy atom. The lowest BCUT2D eigenvalue weighted by Crippen LogP contribution is -2.29. The predicted octanol–water partition coefficient (Wildman–Crippen LogP) is 4.56. The largest absolute Gasteiger partial charge is 0.322 e. The van der Waals surface area contributed by atoms with E-state index in [4.69, 9.17) is 0 Å². The van der Waals surface area contributed by atoms with E-state index in [1.807, 2.05) is 24.4 Å². The Labute approximate surface area is 193 Å². The van der Waals surface area contributed by atoms with E-state index in [1.54, 1.807) is 53.9 Å². The van der Waals surface area contributed by atoms with Crippen LogP contribution in [-0.2, 0) is 6.54 Å². The molecule has 8 heteroatoms. The highest BCUT2D eigenvalue weighted by Gasteiger charge is 2.36. The quantitative estimate of drug-likeness (QED) is 0.446. The second kappa shape index (κ2) is 8.40. The van der Waals surface area contributed by atoms with Gasteiger partial charge in [0.1, 0.15) is 0 Å². The van der Waals surface area contributed by atoms with Gasteiger partial charge < -0.3 is 5.32 Å². The fraction of sp³-hybridized carbons (Fsp3) is 0.0800. The summed E-state index contributed by atoms with van der Waals surface area (Å²) in [5.41, 5.74) is 3.90. The van der Waals surface area contributed by atoms with Crippen LogP contribution >= 0.6 is 11.3 Å². The summed E-state index contributed by atoms with van der Waals surface area (Å²) >= 11 is 1.58. The zero-order chi connectivity index (χ0) is 22.9. The average molecular weight is 455 g/mol. The number of carbonyl (C=O) groups excluding carboxylic acids is 3. The third kappa shape index (κ3) is 4.04. The van der Waals surface area contributed by atoms with Gasteiger partial charge in [-0.25, -0.2) is 4.98 Å². The van der Waals surface area contributed by atoms with E-state index in [1.165, 1.54) is 12.1 Å². The molecule has 1 aliphatic rings. The van der Waals surface area contributed by atoms with Crippen molar-refractivity contribution in [3.05, 3.63) is 99.6 Å². The Morgan fingerprint density at radius 2 is 1.79 bits per heavy atom. The topological polar surface area (TPSA) is 92.3 Å². The highest BCUT2D eigenvalue weighted by atomic mass is 32.1. The number of anilines is 1. The lowest BCUT2D eigenvalue weighted by atomic mass is 10.1. The van der Waals surface area contributed by atoms with Crippen LogP contribution in [0.1, 0.15) is 41.8 Å². The Hall–Kier alpha value is -4.17. The first-order chi connectivity index (χ1) is 16.0. The second-order valence-electron chi connectivity index (χ2n) is 7.56. The molecule has 0 bridgehead atoms. The van der Waals surface area contributed by atoms with Crippen molar-refractivity contribution >= 4 is 34.7 Å². The Balaban J connectivity index is 1.32. The van der Waals surface area contributed by atoms with Crippen molar-refractivity contribution in [3.8, 4) is 11.3 Å². The summed E-state index contributed by atoms with van der Waals surface area (Å²) in [4.78, 5) is 48.1. The van der Waals surface area contributed by atoms with Gasteiger partial charge in [0, 0.05) is 28.4 Å². The van der Waals surface area contributed by atoms with Crippen LogP contribution in [0.3, 0.4) is 0 Å². The molecule has 33 heavy (non-hydrogen) atoms. The van der Waals surface area contributed by atoms with Crippen LogP contribution < -0.4 is 5.32 Å². The second-order valence-corrected chi connectivity index (χ2v) is 8.62. The van der Waals surface area contributed by atoms with Crippen LogP contribution in [0.4, 0.5) is 5.69 Å². The van der Waals surface area contributed by atoms with Gasteiger partial charge in [-0.3, -0.25) is 24.3 Å². The number of amides is 3. The number of pyridine rings is 1. The molecule has 162 valence electrons. The number of nitrogens with zero attached hydrogens (tertiary/aromatic N) is 3. The molecule has 4 aromatic rings. The molecule has 1 N–H and O–H groups in total. The van der Waals surface area contributed by atoms with E-state index in [2.05, 4.69) is 15.3 Å². The monoisotopic (exact) mass is 454 g/mol. The Bertz CT molecular complexity index is 1380. The molecule has 0 fully saturated rings. The minimum absolute atomic E-state index is 0.0829. The van der Waals surface area contributed by atoms with Gasteiger partial charge in [0.25, 0.3) is 17.7 Å². The van der Waals surface area contributed by atoms with Crippen molar-refractivity contribution in [2.75, 3.05) is 5.32 Å². The van der Waals surface area contributed by atoms with Gasteiger partial charge in [-0.15, -0.1) is 11.3 Å². The van der Waals surface area contributed by atoms with Gasteiger partial charge in [0.05, 0.1) is 34.1 Å². The van der Waals surface area contributed by atoms with E-state index in [9.17, 15) is 14.4 Å². The number of carbonyl (C=O) groups is 3. The number of aryl methyl sites for hydroxylation is 1. The highest BCUT2D eigenvalue weighted by Crippen LogP contribution is 2.26. The van der Waals surface area contributed by atoms with E-state index < -0.39 is 5.91 Å². The first-order valence-corrected chi connectivity index (χ1v) is 11.1. The fourth-order valence-corrected chi connectivity index (χ4v) is 4.27. The molecule has 0 atom stereocenters. The number of fused-ring (bicyclic) bond motifs is 1. The van der Waals surface area contributed by atoms with Crippen molar-refractivity contribution in [1.82, 2.24) is 14.9 Å². The minimum atomic E-state index is -0.432. The van der Waals surface area contributed by atoms with E-state index in [-0.39, 0.29) is 29.5 Å². The van der Waals surface area contributed by atoms with Gasteiger partial charge >= 0.3 is 0 Å². The summed E-state index contributed by atoms with van der Waals surface area (Å²) in [5.74, 6) is -1.18. The average Bonchev–Trinajstić information content (AvgIpc) is 3.37. The predicted molar refractivity (Wildman–Crippen MR) is 125 cm³/mol. The van der Waals surface area contributed by atoms with Crippen molar-refractivity contribution in [2.45, 2.75) is 13.5 Å². The summed E-state index contributed by atoms with van der Waals surface area (Å²) in [6.07, 6.45) is 1.61. The lowest BCUT2D eigenvalue weighted by molar-refractivity contribution is 0.0640. The molecule has 0 aliphatic carbocycles.